The third kappa shape index (κ3) is 57.4. The van der Waals surface area contributed by atoms with Gasteiger partial charge in [-0.15, -0.1) is 0 Å². The lowest BCUT2D eigenvalue weighted by atomic mass is 10.0. The SMILES string of the molecule is CC/C=C\C/C=C\C/C=C\C/C=C\CCCCCCC(=O)OC(COC(=O)CCCCCCCCCCC)COC(=O)CCCCCCCCCCCCCC/C=C\C/C=C\C/C=C\CCCCCCC. The van der Waals surface area contributed by atoms with Gasteiger partial charge in [0.15, 0.2) is 6.10 Å². The number of unbranched alkanes of at least 4 members (excludes halogenated alkanes) is 29. The van der Waals surface area contributed by atoms with Gasteiger partial charge in [0.25, 0.3) is 0 Å². The van der Waals surface area contributed by atoms with Crippen molar-refractivity contribution in [2.24, 2.45) is 0 Å². The second kappa shape index (κ2) is 59.2. The molecule has 0 N–H and O–H groups in total. The van der Waals surface area contributed by atoms with E-state index in [1.165, 1.54) is 141 Å². The molecule has 0 aromatic rings. The predicted molar refractivity (Wildman–Crippen MR) is 307 cm³/mol. The van der Waals surface area contributed by atoms with Crippen molar-refractivity contribution in [3.63, 3.8) is 0 Å². The van der Waals surface area contributed by atoms with Gasteiger partial charge in [-0.1, -0.05) is 260 Å². The van der Waals surface area contributed by atoms with Crippen LogP contribution in [0.4, 0.5) is 0 Å². The highest BCUT2D eigenvalue weighted by molar-refractivity contribution is 5.71. The van der Waals surface area contributed by atoms with Gasteiger partial charge >= 0.3 is 17.9 Å². The molecular formula is C65H112O6. The summed E-state index contributed by atoms with van der Waals surface area (Å²) in [4.78, 5) is 38.1. The van der Waals surface area contributed by atoms with Crippen LogP contribution in [0.5, 0.6) is 0 Å². The summed E-state index contributed by atoms with van der Waals surface area (Å²) in [6, 6.07) is 0. The first kappa shape index (κ1) is 67.6. The van der Waals surface area contributed by atoms with E-state index in [9.17, 15) is 14.4 Å². The summed E-state index contributed by atoms with van der Waals surface area (Å²) in [5.41, 5.74) is 0. The van der Waals surface area contributed by atoms with E-state index in [1.807, 2.05) is 0 Å². The predicted octanol–water partition coefficient (Wildman–Crippen LogP) is 20.3. The van der Waals surface area contributed by atoms with Gasteiger partial charge < -0.3 is 14.2 Å². The fourth-order valence-corrected chi connectivity index (χ4v) is 8.38. The standard InChI is InChI=1S/C65H112O6/c1-4-7-10-13-16-19-21-23-25-27-28-29-30-31-32-33-34-35-36-38-39-41-43-46-49-52-55-58-64(67)70-61-62(60-69-63(66)57-54-51-48-45-18-15-12-9-6-3)71-65(68)59-56-53-50-47-44-42-40-37-26-24-22-20-17-14-11-8-5-2/h8,11,17,20-21,23-24,26-28,30-31,40,42,62H,4-7,9-10,12-16,18-19,22,25,29,32-39,41,43-61H2,1-3H3/b11-8-,20-17-,23-21-,26-24-,28-27-,31-30-,42-40-. The van der Waals surface area contributed by atoms with Crippen LogP contribution in [0.15, 0.2) is 85.1 Å². The van der Waals surface area contributed by atoms with Gasteiger partial charge in [0.05, 0.1) is 0 Å². The van der Waals surface area contributed by atoms with E-state index in [2.05, 4.69) is 106 Å². The second-order valence-corrected chi connectivity index (χ2v) is 19.9. The third-order valence-corrected chi connectivity index (χ3v) is 12.9. The molecule has 408 valence electrons. The Kier molecular flexibility index (Phi) is 56.3. The van der Waals surface area contributed by atoms with E-state index in [1.54, 1.807) is 0 Å². The Labute approximate surface area is 439 Å². The van der Waals surface area contributed by atoms with Crippen molar-refractivity contribution in [3.05, 3.63) is 85.1 Å². The molecule has 0 aliphatic carbocycles. The first-order chi connectivity index (χ1) is 35.0. The van der Waals surface area contributed by atoms with E-state index in [0.717, 1.165) is 109 Å². The molecule has 0 rings (SSSR count). The molecule has 6 nitrogen and oxygen atoms in total. The molecule has 0 aromatic heterocycles. The summed E-state index contributed by atoms with van der Waals surface area (Å²) in [6.45, 7) is 6.49. The van der Waals surface area contributed by atoms with Gasteiger partial charge in [-0.05, 0) is 96.3 Å². The van der Waals surface area contributed by atoms with Crippen LogP contribution in [0, 0.1) is 0 Å². The Balaban J connectivity index is 4.23. The molecule has 0 spiro atoms. The van der Waals surface area contributed by atoms with E-state index >= 15 is 0 Å². The lowest BCUT2D eigenvalue weighted by molar-refractivity contribution is -0.167. The summed E-state index contributed by atoms with van der Waals surface area (Å²) >= 11 is 0. The minimum Gasteiger partial charge on any atom is -0.462 e. The number of hydrogen-bond acceptors (Lipinski definition) is 6. The smallest absolute Gasteiger partial charge is 0.306 e. The quantitative estimate of drug-likeness (QED) is 0.0261. The van der Waals surface area contributed by atoms with E-state index in [4.69, 9.17) is 14.2 Å². The number of carbonyl (C=O) groups excluding carboxylic acids is 3. The minimum atomic E-state index is -0.788. The third-order valence-electron chi connectivity index (χ3n) is 12.9. The average Bonchev–Trinajstić information content (AvgIpc) is 3.37. The number of ether oxygens (including phenoxy) is 3. The van der Waals surface area contributed by atoms with E-state index in [0.29, 0.717) is 19.3 Å². The number of allylic oxidation sites excluding steroid dienone is 14. The Hall–Kier alpha value is -3.41. The molecule has 0 saturated heterocycles. The first-order valence-electron chi connectivity index (χ1n) is 30.1. The highest BCUT2D eigenvalue weighted by Gasteiger charge is 2.19. The number of esters is 3. The second-order valence-electron chi connectivity index (χ2n) is 19.9. The molecule has 0 aliphatic heterocycles. The Bertz CT molecular complexity index is 1370. The van der Waals surface area contributed by atoms with E-state index in [-0.39, 0.29) is 31.1 Å². The van der Waals surface area contributed by atoms with Crippen molar-refractivity contribution in [2.75, 3.05) is 13.2 Å². The number of carbonyl (C=O) groups is 3. The summed E-state index contributed by atoms with van der Waals surface area (Å²) in [6.07, 6.45) is 77.4. The molecule has 0 saturated carbocycles. The molecule has 1 unspecified atom stereocenters. The molecule has 0 fully saturated rings. The molecular weight excluding hydrogens is 877 g/mol. The minimum absolute atomic E-state index is 0.0853. The Morgan fingerprint density at radius 3 is 0.859 bits per heavy atom. The van der Waals surface area contributed by atoms with Gasteiger partial charge in [0, 0.05) is 19.3 Å². The lowest BCUT2D eigenvalue weighted by Gasteiger charge is -2.18. The molecule has 1 atom stereocenters. The van der Waals surface area contributed by atoms with Crippen molar-refractivity contribution in [1.82, 2.24) is 0 Å². The van der Waals surface area contributed by atoms with Crippen molar-refractivity contribution in [1.29, 1.82) is 0 Å². The summed E-state index contributed by atoms with van der Waals surface area (Å²) in [7, 11) is 0. The number of rotatable bonds is 54. The van der Waals surface area contributed by atoms with Crippen LogP contribution >= 0.6 is 0 Å². The molecule has 0 aromatic carbocycles. The fraction of sp³-hybridized carbons (Fsp3) is 0.738. The van der Waals surface area contributed by atoms with Crippen LogP contribution in [0.25, 0.3) is 0 Å². The number of hydrogen-bond donors (Lipinski definition) is 0. The first-order valence-corrected chi connectivity index (χ1v) is 30.1. The Morgan fingerprint density at radius 1 is 0.296 bits per heavy atom. The molecule has 6 heteroatoms. The topological polar surface area (TPSA) is 78.9 Å². The maximum absolute atomic E-state index is 12.8. The van der Waals surface area contributed by atoms with E-state index < -0.39 is 6.10 Å². The van der Waals surface area contributed by atoms with Crippen LogP contribution in [-0.4, -0.2) is 37.2 Å². The lowest BCUT2D eigenvalue weighted by Crippen LogP contribution is -2.30. The van der Waals surface area contributed by atoms with Crippen molar-refractivity contribution in [2.45, 2.75) is 297 Å². The largest absolute Gasteiger partial charge is 0.462 e. The van der Waals surface area contributed by atoms with Crippen molar-refractivity contribution < 1.29 is 28.6 Å². The zero-order valence-corrected chi connectivity index (χ0v) is 46.7. The maximum atomic E-state index is 12.8. The van der Waals surface area contributed by atoms with Gasteiger partial charge in [0.2, 0.25) is 0 Å². The zero-order valence-electron chi connectivity index (χ0n) is 46.7. The fourth-order valence-electron chi connectivity index (χ4n) is 8.38. The molecule has 0 heterocycles. The average molecular weight is 990 g/mol. The van der Waals surface area contributed by atoms with Gasteiger partial charge in [-0.2, -0.15) is 0 Å². The monoisotopic (exact) mass is 989 g/mol. The summed E-state index contributed by atoms with van der Waals surface area (Å²) in [5, 5.41) is 0. The summed E-state index contributed by atoms with van der Waals surface area (Å²) in [5.74, 6) is -0.907. The van der Waals surface area contributed by atoms with Crippen LogP contribution in [-0.2, 0) is 28.6 Å². The molecule has 0 radical (unpaired) electrons. The molecule has 0 aliphatic rings. The molecule has 0 amide bonds. The summed E-state index contributed by atoms with van der Waals surface area (Å²) < 4.78 is 16.8. The molecule has 71 heavy (non-hydrogen) atoms. The highest BCUT2D eigenvalue weighted by Crippen LogP contribution is 2.16. The van der Waals surface area contributed by atoms with Gasteiger partial charge in [-0.25, -0.2) is 0 Å². The Morgan fingerprint density at radius 2 is 0.549 bits per heavy atom. The van der Waals surface area contributed by atoms with Crippen molar-refractivity contribution in [3.8, 4) is 0 Å². The van der Waals surface area contributed by atoms with Crippen molar-refractivity contribution >= 4 is 17.9 Å². The zero-order chi connectivity index (χ0) is 51.4. The van der Waals surface area contributed by atoms with Crippen LogP contribution < -0.4 is 0 Å². The van der Waals surface area contributed by atoms with Gasteiger partial charge in [0.1, 0.15) is 13.2 Å². The van der Waals surface area contributed by atoms with Crippen LogP contribution in [0.3, 0.4) is 0 Å². The maximum Gasteiger partial charge on any atom is 0.306 e. The van der Waals surface area contributed by atoms with Gasteiger partial charge in [-0.3, -0.25) is 14.4 Å². The van der Waals surface area contributed by atoms with Crippen LogP contribution in [0.2, 0.25) is 0 Å². The highest BCUT2D eigenvalue weighted by atomic mass is 16.6. The molecule has 0 bridgehead atoms. The normalized spacial score (nSPS) is 12.7. The van der Waals surface area contributed by atoms with Crippen LogP contribution in [0.1, 0.15) is 290 Å².